The highest BCUT2D eigenvalue weighted by atomic mass is 32.1. The fourth-order valence-electron chi connectivity index (χ4n) is 4.72. The maximum Gasteiger partial charge on any atom is 0.346 e. The van der Waals surface area contributed by atoms with Crippen molar-refractivity contribution >= 4 is 66.3 Å². The lowest BCUT2D eigenvalue weighted by atomic mass is 10.1. The number of benzene rings is 3. The monoisotopic (exact) mass is 530 g/mol. The van der Waals surface area contributed by atoms with Gasteiger partial charge in [0, 0.05) is 47.0 Å². The molecule has 0 bridgehead atoms. The van der Waals surface area contributed by atoms with Crippen molar-refractivity contribution in [2.45, 2.75) is 12.8 Å². The molecule has 38 heavy (non-hydrogen) atoms. The van der Waals surface area contributed by atoms with Crippen LogP contribution < -0.4 is 4.90 Å². The summed E-state index contributed by atoms with van der Waals surface area (Å²) in [5.74, 6) is -1.21. The van der Waals surface area contributed by atoms with Gasteiger partial charge >= 0.3 is 5.97 Å². The van der Waals surface area contributed by atoms with Crippen molar-refractivity contribution in [3.8, 4) is 16.5 Å². The van der Waals surface area contributed by atoms with E-state index in [1.807, 2.05) is 18.2 Å². The molecule has 1 aliphatic rings. The van der Waals surface area contributed by atoms with Gasteiger partial charge in [-0.05, 0) is 85.2 Å². The number of rotatable bonds is 6. The normalized spacial score (nSPS) is 13.4. The van der Waals surface area contributed by atoms with Crippen molar-refractivity contribution in [3.05, 3.63) is 113 Å². The average molecular weight is 531 g/mol. The van der Waals surface area contributed by atoms with Crippen molar-refractivity contribution in [2.24, 2.45) is 0 Å². The molecule has 4 nitrogen and oxygen atoms in total. The molecule has 184 valence electrons. The molecule has 0 amide bonds. The number of hydrogen-bond donors (Lipinski definition) is 1. The number of para-hydroxylation sites is 1. The summed E-state index contributed by atoms with van der Waals surface area (Å²) in [7, 11) is 0. The van der Waals surface area contributed by atoms with E-state index < -0.39 is 5.97 Å². The van der Waals surface area contributed by atoms with Crippen LogP contribution in [-0.2, 0) is 4.79 Å². The van der Waals surface area contributed by atoms with Crippen LogP contribution in [0.2, 0.25) is 0 Å². The van der Waals surface area contributed by atoms with E-state index in [1.54, 1.807) is 17.4 Å². The van der Waals surface area contributed by atoms with Gasteiger partial charge in [0.2, 0.25) is 0 Å². The molecule has 0 fully saturated rings. The van der Waals surface area contributed by atoms with E-state index in [2.05, 4.69) is 83.8 Å². The minimum atomic E-state index is -1.21. The number of fused-ring (bicyclic) bond motifs is 3. The molecule has 1 N–H and O–H groups in total. The molecule has 2 heterocycles. The molecule has 1 aliphatic carbocycles. The smallest absolute Gasteiger partial charge is 0.346 e. The van der Waals surface area contributed by atoms with Crippen LogP contribution in [0.5, 0.6) is 0 Å². The first kappa shape index (κ1) is 23.9. The number of carboxylic acids is 1. The van der Waals surface area contributed by atoms with Gasteiger partial charge in [-0.3, -0.25) is 0 Å². The Hall–Kier alpha value is -4.44. The van der Waals surface area contributed by atoms with Crippen molar-refractivity contribution in [1.82, 2.24) is 0 Å². The third kappa shape index (κ3) is 4.54. The van der Waals surface area contributed by atoms with Crippen LogP contribution in [-0.4, -0.2) is 11.1 Å². The molecule has 0 atom stereocenters. The Morgan fingerprint density at radius 2 is 1.68 bits per heavy atom. The molecule has 6 heteroatoms. The molecular formula is C32H22N2O2S2. The van der Waals surface area contributed by atoms with Crippen LogP contribution in [0.3, 0.4) is 0 Å². The SMILES string of the molecule is N#C/C(=C\c1ccc(-c2ccc3sc4ccc(N(C5=CCCC=C5)c5ccccc5)cc4c3c2)s1)C(=O)O. The molecule has 0 aliphatic heterocycles. The Morgan fingerprint density at radius 1 is 0.895 bits per heavy atom. The zero-order valence-electron chi connectivity index (χ0n) is 20.3. The van der Waals surface area contributed by atoms with Gasteiger partial charge in [-0.2, -0.15) is 5.26 Å². The van der Waals surface area contributed by atoms with E-state index in [4.69, 9.17) is 5.26 Å². The fourth-order valence-corrected chi connectivity index (χ4v) is 6.73. The van der Waals surface area contributed by atoms with Gasteiger partial charge in [-0.1, -0.05) is 36.4 Å². The topological polar surface area (TPSA) is 64.3 Å². The van der Waals surface area contributed by atoms with Crippen LogP contribution >= 0.6 is 22.7 Å². The second-order valence-electron chi connectivity index (χ2n) is 8.95. The number of carboxylic acid groups (broad SMARTS) is 1. The average Bonchev–Trinajstić information content (AvgIpc) is 3.57. The minimum absolute atomic E-state index is 0.267. The van der Waals surface area contributed by atoms with Gasteiger partial charge in [0.25, 0.3) is 0 Å². The molecular weight excluding hydrogens is 508 g/mol. The first-order valence-corrected chi connectivity index (χ1v) is 13.9. The van der Waals surface area contributed by atoms with Gasteiger partial charge in [-0.15, -0.1) is 22.7 Å². The predicted molar refractivity (Wildman–Crippen MR) is 159 cm³/mol. The summed E-state index contributed by atoms with van der Waals surface area (Å²) in [4.78, 5) is 15.3. The molecule has 3 aromatic carbocycles. The Bertz CT molecular complexity index is 1820. The summed E-state index contributed by atoms with van der Waals surface area (Å²) in [5.41, 5.74) is 4.23. The van der Waals surface area contributed by atoms with Crippen LogP contribution in [0.15, 0.2) is 108 Å². The van der Waals surface area contributed by atoms with Gasteiger partial charge in [0.15, 0.2) is 0 Å². The summed E-state index contributed by atoms with van der Waals surface area (Å²) in [6.45, 7) is 0. The highest BCUT2D eigenvalue weighted by Gasteiger charge is 2.16. The third-order valence-electron chi connectivity index (χ3n) is 6.51. The Labute approximate surface area is 228 Å². The highest BCUT2D eigenvalue weighted by Crippen LogP contribution is 2.41. The Balaban J connectivity index is 1.44. The summed E-state index contributed by atoms with van der Waals surface area (Å²) in [6.07, 6.45) is 10.3. The number of nitriles is 1. The Kier molecular flexibility index (Phi) is 6.38. The minimum Gasteiger partial charge on any atom is -0.477 e. The Morgan fingerprint density at radius 3 is 2.42 bits per heavy atom. The third-order valence-corrected chi connectivity index (χ3v) is 8.74. The summed E-state index contributed by atoms with van der Waals surface area (Å²) < 4.78 is 2.45. The number of hydrogen-bond acceptors (Lipinski definition) is 5. The van der Waals surface area contributed by atoms with Crippen molar-refractivity contribution in [3.63, 3.8) is 0 Å². The quantitative estimate of drug-likeness (QED) is 0.176. The predicted octanol–water partition coefficient (Wildman–Crippen LogP) is 9.15. The van der Waals surface area contributed by atoms with Crippen molar-refractivity contribution in [2.75, 3.05) is 4.90 Å². The number of allylic oxidation sites excluding steroid dienone is 3. The molecule has 0 saturated carbocycles. The van der Waals surface area contributed by atoms with Gasteiger partial charge in [-0.25, -0.2) is 4.79 Å². The second kappa shape index (κ2) is 10.1. The lowest BCUT2D eigenvalue weighted by molar-refractivity contribution is -0.132. The molecule has 6 rings (SSSR count). The van der Waals surface area contributed by atoms with E-state index in [-0.39, 0.29) is 5.57 Å². The molecule has 0 radical (unpaired) electrons. The van der Waals surface area contributed by atoms with Crippen LogP contribution in [0, 0.1) is 11.3 Å². The van der Waals surface area contributed by atoms with Crippen LogP contribution in [0.25, 0.3) is 36.7 Å². The van der Waals surface area contributed by atoms with Crippen LogP contribution in [0.1, 0.15) is 17.7 Å². The lowest BCUT2D eigenvalue weighted by Crippen LogP contribution is -2.15. The molecule has 2 aromatic heterocycles. The van der Waals surface area contributed by atoms with E-state index >= 15 is 0 Å². The zero-order valence-corrected chi connectivity index (χ0v) is 21.9. The van der Waals surface area contributed by atoms with E-state index in [9.17, 15) is 9.90 Å². The largest absolute Gasteiger partial charge is 0.477 e. The van der Waals surface area contributed by atoms with Crippen molar-refractivity contribution in [1.29, 1.82) is 5.26 Å². The number of nitrogens with zero attached hydrogens (tertiary/aromatic N) is 2. The second-order valence-corrected chi connectivity index (χ2v) is 11.1. The van der Waals surface area contributed by atoms with E-state index in [1.165, 1.54) is 43.3 Å². The molecule has 5 aromatic rings. The number of anilines is 2. The van der Waals surface area contributed by atoms with E-state index in [0.717, 1.165) is 39.5 Å². The van der Waals surface area contributed by atoms with Gasteiger partial charge in [0.05, 0.1) is 0 Å². The molecule has 0 spiro atoms. The first-order chi connectivity index (χ1) is 18.6. The molecule has 0 saturated heterocycles. The zero-order chi connectivity index (χ0) is 26.1. The van der Waals surface area contributed by atoms with Gasteiger partial charge in [0.1, 0.15) is 11.6 Å². The molecule has 0 unspecified atom stereocenters. The number of carbonyl (C=O) groups is 1. The highest BCUT2D eigenvalue weighted by molar-refractivity contribution is 7.25. The maximum atomic E-state index is 11.2. The van der Waals surface area contributed by atoms with Crippen LogP contribution in [0.4, 0.5) is 11.4 Å². The number of aliphatic carboxylic acids is 1. The fraction of sp³-hybridized carbons (Fsp3) is 0.0625. The van der Waals surface area contributed by atoms with Crippen molar-refractivity contribution < 1.29 is 9.90 Å². The van der Waals surface area contributed by atoms with Gasteiger partial charge < -0.3 is 10.0 Å². The standard InChI is InChI=1S/C32H22N2O2S2/c33-20-22(32(35)36)17-26-13-16-29(37-26)21-11-14-30-27(18-21)28-19-25(12-15-31(28)38-30)34(23-7-3-1-4-8-23)24-9-5-2-6-10-24/h1,3-5,7-19H,2,6H2,(H,35,36)/b22-17+. The summed E-state index contributed by atoms with van der Waals surface area (Å²) in [5, 5.41) is 20.7. The lowest BCUT2D eigenvalue weighted by Gasteiger charge is -2.27. The maximum absolute atomic E-state index is 11.2. The van der Waals surface area contributed by atoms with E-state index in [0.29, 0.717) is 0 Å². The summed E-state index contributed by atoms with van der Waals surface area (Å²) in [6, 6.07) is 29.2. The number of thiophene rings is 2. The summed E-state index contributed by atoms with van der Waals surface area (Å²) >= 11 is 3.26. The first-order valence-electron chi connectivity index (χ1n) is 12.2.